The minimum absolute atomic E-state index is 0.0578. The Morgan fingerprint density at radius 2 is 2.05 bits per heavy atom. The molecule has 0 aliphatic carbocycles. The zero-order valence-electron chi connectivity index (χ0n) is 12.2. The molecule has 2 rings (SSSR count). The first-order valence-electron chi connectivity index (χ1n) is 6.91. The normalized spacial score (nSPS) is 22.2. The fourth-order valence-corrected chi connectivity index (χ4v) is 4.84. The van der Waals surface area contributed by atoms with Crippen LogP contribution in [0.1, 0.15) is 18.9 Å². The molecule has 1 aliphatic heterocycles. The van der Waals surface area contributed by atoms with Crippen LogP contribution in [0.2, 0.25) is 5.02 Å². The Labute approximate surface area is 136 Å². The van der Waals surface area contributed by atoms with Gasteiger partial charge in [-0.25, -0.2) is 8.42 Å². The Hall–Kier alpha value is -0.330. The molecule has 0 saturated carbocycles. The quantitative estimate of drug-likeness (QED) is 0.787. The lowest BCUT2D eigenvalue weighted by atomic mass is 10.2. The number of rotatable bonds is 3. The Balaban J connectivity index is 2.36. The molecule has 4 nitrogen and oxygen atoms in total. The van der Waals surface area contributed by atoms with E-state index in [0.717, 1.165) is 19.5 Å². The number of benzene rings is 1. The standard InChI is InChI=1S/C14H20Cl2N2O2S/c1-11-10-17(2)6-3-7-18(11)21(19,20)13-4-5-14(16)12(8-13)9-15/h4-5,8,11H,3,6-7,9-10H2,1-2H3. The summed E-state index contributed by atoms with van der Waals surface area (Å²) in [6, 6.07) is 4.67. The lowest BCUT2D eigenvalue weighted by Crippen LogP contribution is -2.41. The van der Waals surface area contributed by atoms with Gasteiger partial charge < -0.3 is 4.90 Å². The third-order valence-electron chi connectivity index (χ3n) is 3.75. The first kappa shape index (κ1) is 17.0. The summed E-state index contributed by atoms with van der Waals surface area (Å²) in [6.45, 7) is 4.11. The molecule has 1 heterocycles. The molecule has 0 amide bonds. The van der Waals surface area contributed by atoms with Gasteiger partial charge in [0.25, 0.3) is 0 Å². The van der Waals surface area contributed by atoms with Crippen molar-refractivity contribution in [3.63, 3.8) is 0 Å². The van der Waals surface area contributed by atoms with E-state index in [1.807, 2.05) is 14.0 Å². The Morgan fingerprint density at radius 3 is 2.71 bits per heavy atom. The minimum Gasteiger partial charge on any atom is -0.305 e. The lowest BCUT2D eigenvalue weighted by molar-refractivity contribution is 0.290. The van der Waals surface area contributed by atoms with E-state index in [9.17, 15) is 8.42 Å². The van der Waals surface area contributed by atoms with Gasteiger partial charge in [0.1, 0.15) is 0 Å². The van der Waals surface area contributed by atoms with Gasteiger partial charge in [0.15, 0.2) is 0 Å². The highest BCUT2D eigenvalue weighted by molar-refractivity contribution is 7.89. The smallest absolute Gasteiger partial charge is 0.243 e. The molecule has 7 heteroatoms. The minimum atomic E-state index is -3.52. The molecule has 0 radical (unpaired) electrons. The van der Waals surface area contributed by atoms with E-state index in [2.05, 4.69) is 4.90 Å². The second kappa shape index (κ2) is 6.84. The maximum Gasteiger partial charge on any atom is 0.243 e. The second-order valence-electron chi connectivity index (χ2n) is 5.47. The predicted molar refractivity (Wildman–Crippen MR) is 86.5 cm³/mol. The topological polar surface area (TPSA) is 40.6 Å². The third-order valence-corrected chi connectivity index (χ3v) is 6.42. The Bertz CT molecular complexity index is 607. The van der Waals surface area contributed by atoms with Crippen molar-refractivity contribution in [3.8, 4) is 0 Å². The van der Waals surface area contributed by atoms with Gasteiger partial charge >= 0.3 is 0 Å². The van der Waals surface area contributed by atoms with Crippen molar-refractivity contribution in [1.29, 1.82) is 0 Å². The van der Waals surface area contributed by atoms with Crippen LogP contribution in [0, 0.1) is 0 Å². The van der Waals surface area contributed by atoms with E-state index in [1.54, 1.807) is 22.5 Å². The molecule has 0 N–H and O–H groups in total. The summed E-state index contributed by atoms with van der Waals surface area (Å²) >= 11 is 11.8. The molecule has 0 aromatic heterocycles. The van der Waals surface area contributed by atoms with Gasteiger partial charge in [0, 0.05) is 30.0 Å². The molecular weight excluding hydrogens is 331 g/mol. The van der Waals surface area contributed by atoms with E-state index in [0.29, 0.717) is 17.1 Å². The number of sulfonamides is 1. The number of halogens is 2. The number of hydrogen-bond donors (Lipinski definition) is 0. The van der Waals surface area contributed by atoms with Crippen molar-refractivity contribution in [2.45, 2.75) is 30.2 Å². The number of nitrogens with zero attached hydrogens (tertiary/aromatic N) is 2. The van der Waals surface area contributed by atoms with Gasteiger partial charge in [-0.2, -0.15) is 4.31 Å². The maximum atomic E-state index is 12.9. The van der Waals surface area contributed by atoms with Crippen molar-refractivity contribution >= 4 is 33.2 Å². The van der Waals surface area contributed by atoms with Crippen LogP contribution in [-0.4, -0.2) is 50.3 Å². The van der Waals surface area contributed by atoms with E-state index in [1.165, 1.54) is 0 Å². The SMILES string of the molecule is CC1CN(C)CCCN1S(=O)(=O)c1ccc(Cl)c(CCl)c1. The van der Waals surface area contributed by atoms with Crippen molar-refractivity contribution in [3.05, 3.63) is 28.8 Å². The van der Waals surface area contributed by atoms with Crippen LogP contribution >= 0.6 is 23.2 Å². The molecule has 118 valence electrons. The van der Waals surface area contributed by atoms with Crippen LogP contribution in [0.3, 0.4) is 0 Å². The summed E-state index contributed by atoms with van der Waals surface area (Å²) in [5.41, 5.74) is 0.638. The van der Waals surface area contributed by atoms with E-state index in [4.69, 9.17) is 23.2 Å². The highest BCUT2D eigenvalue weighted by Crippen LogP contribution is 2.26. The molecule has 0 spiro atoms. The molecule has 1 aliphatic rings. The summed E-state index contributed by atoms with van der Waals surface area (Å²) in [7, 11) is -1.50. The first-order chi connectivity index (χ1) is 9.86. The number of likely N-dealkylation sites (N-methyl/N-ethyl adjacent to an activating group) is 1. The summed E-state index contributed by atoms with van der Waals surface area (Å²) < 4.78 is 27.3. The fraction of sp³-hybridized carbons (Fsp3) is 0.571. The number of hydrogen-bond acceptors (Lipinski definition) is 3. The monoisotopic (exact) mass is 350 g/mol. The molecule has 1 fully saturated rings. The molecule has 1 atom stereocenters. The Kier molecular flexibility index (Phi) is 5.54. The second-order valence-corrected chi connectivity index (χ2v) is 8.03. The van der Waals surface area contributed by atoms with Crippen LogP contribution in [0.15, 0.2) is 23.1 Å². The molecule has 21 heavy (non-hydrogen) atoms. The average molecular weight is 351 g/mol. The highest BCUT2D eigenvalue weighted by atomic mass is 35.5. The van der Waals surface area contributed by atoms with Gasteiger partial charge in [0.05, 0.1) is 4.90 Å². The van der Waals surface area contributed by atoms with E-state index >= 15 is 0 Å². The zero-order valence-corrected chi connectivity index (χ0v) is 14.5. The molecule has 1 aromatic carbocycles. The van der Waals surface area contributed by atoms with Gasteiger partial charge in [-0.1, -0.05) is 11.6 Å². The third kappa shape index (κ3) is 3.71. The largest absolute Gasteiger partial charge is 0.305 e. The van der Waals surface area contributed by atoms with Gasteiger partial charge in [-0.3, -0.25) is 0 Å². The predicted octanol–water partition coefficient (Wildman–Crippen LogP) is 2.79. The molecule has 1 aromatic rings. The highest BCUT2D eigenvalue weighted by Gasteiger charge is 2.31. The first-order valence-corrected chi connectivity index (χ1v) is 9.26. The molecule has 0 bridgehead atoms. The molecule has 1 unspecified atom stereocenters. The van der Waals surface area contributed by atoms with Crippen LogP contribution in [-0.2, 0) is 15.9 Å². The van der Waals surface area contributed by atoms with Gasteiger partial charge in [0.2, 0.25) is 10.0 Å². The molecule has 1 saturated heterocycles. The fourth-order valence-electron chi connectivity index (χ4n) is 2.66. The Morgan fingerprint density at radius 1 is 1.33 bits per heavy atom. The van der Waals surface area contributed by atoms with Crippen LogP contribution in [0.25, 0.3) is 0 Å². The van der Waals surface area contributed by atoms with E-state index < -0.39 is 10.0 Å². The summed E-state index contributed by atoms with van der Waals surface area (Å²) in [4.78, 5) is 2.42. The van der Waals surface area contributed by atoms with Crippen molar-refractivity contribution in [2.24, 2.45) is 0 Å². The summed E-state index contributed by atoms with van der Waals surface area (Å²) in [6.07, 6.45) is 0.829. The summed E-state index contributed by atoms with van der Waals surface area (Å²) in [5, 5.41) is 0.493. The van der Waals surface area contributed by atoms with Gasteiger partial charge in [-0.15, -0.1) is 11.6 Å². The van der Waals surface area contributed by atoms with E-state index in [-0.39, 0.29) is 16.8 Å². The van der Waals surface area contributed by atoms with Crippen molar-refractivity contribution in [2.75, 3.05) is 26.7 Å². The van der Waals surface area contributed by atoms with Crippen LogP contribution < -0.4 is 0 Å². The summed E-state index contributed by atoms with van der Waals surface area (Å²) in [5.74, 6) is 0.195. The zero-order chi connectivity index (χ0) is 15.6. The lowest BCUT2D eigenvalue weighted by Gasteiger charge is -2.27. The van der Waals surface area contributed by atoms with Gasteiger partial charge in [-0.05, 0) is 50.7 Å². The number of alkyl halides is 1. The van der Waals surface area contributed by atoms with Crippen LogP contribution in [0.4, 0.5) is 0 Å². The average Bonchev–Trinajstić information content (AvgIpc) is 2.59. The maximum absolute atomic E-state index is 12.9. The van der Waals surface area contributed by atoms with Crippen molar-refractivity contribution in [1.82, 2.24) is 9.21 Å². The molecular formula is C14H20Cl2N2O2S. The van der Waals surface area contributed by atoms with Crippen molar-refractivity contribution < 1.29 is 8.42 Å². The van der Waals surface area contributed by atoms with Crippen LogP contribution in [0.5, 0.6) is 0 Å².